The van der Waals surface area contributed by atoms with Crippen LogP contribution < -0.4 is 0 Å². The third-order valence-corrected chi connectivity index (χ3v) is 5.88. The average Bonchev–Trinajstić information content (AvgIpc) is 2.57. The molecule has 5 N–H and O–H groups in total. The Balaban J connectivity index is 2.67. The number of aliphatic hydroxyl groups is 1. The fourth-order valence-electron chi connectivity index (χ4n) is 1.39. The van der Waals surface area contributed by atoms with Crippen molar-refractivity contribution < 1.29 is 56.3 Å². The van der Waals surface area contributed by atoms with Gasteiger partial charge in [-0.05, 0) is 0 Å². The molecule has 12 nitrogen and oxygen atoms in total. The van der Waals surface area contributed by atoms with Gasteiger partial charge in [0.2, 0.25) is 0 Å². The van der Waals surface area contributed by atoms with E-state index in [1.807, 2.05) is 0 Å². The first kappa shape index (κ1) is 18.4. The van der Waals surface area contributed by atoms with Crippen LogP contribution in [0, 0.1) is 0 Å². The van der Waals surface area contributed by atoms with Gasteiger partial charge in [0.1, 0.15) is 12.2 Å². The van der Waals surface area contributed by atoms with E-state index >= 15 is 0 Å². The molecule has 1 fully saturated rings. The lowest BCUT2D eigenvalue weighted by Crippen LogP contribution is -2.27. The van der Waals surface area contributed by atoms with Gasteiger partial charge in [0, 0.05) is 13.0 Å². The monoisotopic (exact) mass is 358 g/mol. The number of phosphoric ester groups is 1. The summed E-state index contributed by atoms with van der Waals surface area (Å²) in [6.45, 7) is -0.411. The van der Waals surface area contributed by atoms with Crippen molar-refractivity contribution in [1.29, 1.82) is 0 Å². The number of ether oxygens (including phenoxy) is 1. The highest BCUT2D eigenvalue weighted by Gasteiger charge is 2.43. The van der Waals surface area contributed by atoms with Crippen LogP contribution in [-0.4, -0.2) is 50.1 Å². The predicted octanol–water partition coefficient (Wildman–Crippen LogP) is -0.521. The SMILES string of the molecule is O=P(O)(O)OP(=O)(O)OP(=O)(O)O[C@H]1CCO[C@@H]1CO. The highest BCUT2D eigenvalue weighted by Crippen LogP contribution is 2.66. The van der Waals surface area contributed by atoms with E-state index in [0.29, 0.717) is 0 Å². The summed E-state index contributed by atoms with van der Waals surface area (Å²) in [6, 6.07) is 0. The standard InChI is InChI=1S/C5H13O12P3/c6-3-5-4(1-2-14-5)15-19(10,11)17-20(12,13)16-18(7,8)9/h4-6H,1-3H2,(H,10,11)(H,12,13)(H2,7,8,9)/t4-,5+/m0/s1. The van der Waals surface area contributed by atoms with Gasteiger partial charge in [0.25, 0.3) is 0 Å². The van der Waals surface area contributed by atoms with Crippen molar-refractivity contribution in [3.63, 3.8) is 0 Å². The molecule has 0 bridgehead atoms. The molecule has 1 saturated heterocycles. The van der Waals surface area contributed by atoms with Crippen LogP contribution >= 0.6 is 23.5 Å². The molecule has 1 aliphatic heterocycles. The minimum atomic E-state index is -5.53. The molecule has 15 heteroatoms. The topological polar surface area (TPSA) is 189 Å². The second-order valence-corrected chi connectivity index (χ2v) is 7.99. The van der Waals surface area contributed by atoms with Crippen molar-refractivity contribution in [2.45, 2.75) is 18.6 Å². The average molecular weight is 358 g/mol. The first-order valence-electron chi connectivity index (χ1n) is 4.99. The van der Waals surface area contributed by atoms with Gasteiger partial charge in [0.05, 0.1) is 6.61 Å². The van der Waals surface area contributed by atoms with Crippen LogP contribution in [-0.2, 0) is 31.6 Å². The Morgan fingerprint density at radius 2 is 1.65 bits per heavy atom. The van der Waals surface area contributed by atoms with Crippen molar-refractivity contribution in [1.82, 2.24) is 0 Å². The molecule has 4 atom stereocenters. The first-order valence-corrected chi connectivity index (χ1v) is 9.51. The van der Waals surface area contributed by atoms with E-state index in [4.69, 9.17) is 24.5 Å². The van der Waals surface area contributed by atoms with E-state index in [0.717, 1.165) is 0 Å². The molecule has 1 aliphatic rings. The normalized spacial score (nSPS) is 29.9. The molecule has 0 radical (unpaired) electrons. The summed E-state index contributed by atoms with van der Waals surface area (Å²) in [4.78, 5) is 34.8. The second kappa shape index (κ2) is 6.62. The van der Waals surface area contributed by atoms with E-state index in [2.05, 4.69) is 13.1 Å². The Morgan fingerprint density at radius 3 is 2.15 bits per heavy atom. The number of rotatable bonds is 7. The van der Waals surface area contributed by atoms with Gasteiger partial charge in [0.15, 0.2) is 0 Å². The minimum absolute atomic E-state index is 0.105. The van der Waals surface area contributed by atoms with Crippen molar-refractivity contribution in [3.05, 3.63) is 0 Å². The molecule has 0 amide bonds. The van der Waals surface area contributed by atoms with Crippen LogP contribution in [0.5, 0.6) is 0 Å². The summed E-state index contributed by atoms with van der Waals surface area (Å²) in [5.41, 5.74) is 0. The van der Waals surface area contributed by atoms with E-state index in [-0.39, 0.29) is 13.0 Å². The van der Waals surface area contributed by atoms with E-state index in [9.17, 15) is 18.6 Å². The smallest absolute Gasteiger partial charge is 0.394 e. The lowest BCUT2D eigenvalue weighted by atomic mass is 10.2. The molecule has 0 aromatic rings. The maximum absolute atomic E-state index is 11.4. The molecule has 1 heterocycles. The van der Waals surface area contributed by atoms with Crippen LogP contribution in [0.2, 0.25) is 0 Å². The molecular formula is C5H13O12P3. The quantitative estimate of drug-likeness (QED) is 0.367. The summed E-state index contributed by atoms with van der Waals surface area (Å²) in [7, 11) is -16.1. The molecule has 1 rings (SSSR count). The van der Waals surface area contributed by atoms with Gasteiger partial charge >= 0.3 is 23.5 Å². The molecule has 0 aromatic carbocycles. The molecule has 120 valence electrons. The maximum atomic E-state index is 11.4. The summed E-state index contributed by atoms with van der Waals surface area (Å²) in [5.74, 6) is 0. The summed E-state index contributed by atoms with van der Waals surface area (Å²) >= 11 is 0. The molecule has 0 aliphatic carbocycles. The fraction of sp³-hybridized carbons (Fsp3) is 1.00. The number of aliphatic hydroxyl groups excluding tert-OH is 1. The molecule has 20 heavy (non-hydrogen) atoms. The van der Waals surface area contributed by atoms with E-state index < -0.39 is 42.3 Å². The third-order valence-electron chi connectivity index (χ3n) is 2.01. The van der Waals surface area contributed by atoms with Crippen LogP contribution in [0.3, 0.4) is 0 Å². The van der Waals surface area contributed by atoms with Gasteiger partial charge in [-0.25, -0.2) is 13.7 Å². The predicted molar refractivity (Wildman–Crippen MR) is 60.2 cm³/mol. The van der Waals surface area contributed by atoms with Crippen LogP contribution in [0.1, 0.15) is 6.42 Å². The number of phosphoric acid groups is 3. The van der Waals surface area contributed by atoms with Crippen LogP contribution in [0.4, 0.5) is 0 Å². The van der Waals surface area contributed by atoms with Crippen LogP contribution in [0.15, 0.2) is 0 Å². The largest absolute Gasteiger partial charge is 0.490 e. The third kappa shape index (κ3) is 6.40. The maximum Gasteiger partial charge on any atom is 0.490 e. The Kier molecular flexibility index (Phi) is 6.08. The lowest BCUT2D eigenvalue weighted by molar-refractivity contribution is 0.00349. The summed E-state index contributed by atoms with van der Waals surface area (Å²) in [6.07, 6.45) is -1.92. The zero-order valence-corrected chi connectivity index (χ0v) is 12.4. The Morgan fingerprint density at radius 1 is 1.05 bits per heavy atom. The van der Waals surface area contributed by atoms with Crippen molar-refractivity contribution >= 4 is 23.5 Å². The van der Waals surface area contributed by atoms with Crippen molar-refractivity contribution in [3.8, 4) is 0 Å². The highest BCUT2D eigenvalue weighted by molar-refractivity contribution is 7.66. The van der Waals surface area contributed by atoms with Gasteiger partial charge in [-0.15, -0.1) is 0 Å². The zero-order chi connectivity index (χ0) is 15.6. The fourth-order valence-corrected chi connectivity index (χ4v) is 4.63. The second-order valence-electron chi connectivity index (χ2n) is 3.62. The van der Waals surface area contributed by atoms with Gasteiger partial charge in [-0.2, -0.15) is 8.62 Å². The molecule has 0 spiro atoms. The molecule has 0 saturated carbocycles. The molecule has 2 unspecified atom stereocenters. The zero-order valence-electron chi connectivity index (χ0n) is 9.71. The summed E-state index contributed by atoms with van der Waals surface area (Å²) in [5, 5.41) is 8.87. The van der Waals surface area contributed by atoms with E-state index in [1.165, 1.54) is 0 Å². The first-order chi connectivity index (χ1) is 8.94. The summed E-state index contributed by atoms with van der Waals surface area (Å²) < 4.78 is 49.4. The van der Waals surface area contributed by atoms with Gasteiger partial charge in [-0.3, -0.25) is 4.52 Å². The van der Waals surface area contributed by atoms with Gasteiger partial charge < -0.3 is 29.4 Å². The lowest BCUT2D eigenvalue weighted by Gasteiger charge is -2.21. The van der Waals surface area contributed by atoms with Crippen molar-refractivity contribution in [2.24, 2.45) is 0 Å². The van der Waals surface area contributed by atoms with E-state index in [1.54, 1.807) is 0 Å². The van der Waals surface area contributed by atoms with Gasteiger partial charge in [-0.1, -0.05) is 0 Å². The molecule has 0 aromatic heterocycles. The highest BCUT2D eigenvalue weighted by atomic mass is 31.3. The number of hydrogen-bond acceptors (Lipinski definition) is 8. The minimum Gasteiger partial charge on any atom is -0.394 e. The Hall–Kier alpha value is 0.330. The molecular weight excluding hydrogens is 345 g/mol. The Bertz CT molecular complexity index is 470. The number of hydrogen-bond donors (Lipinski definition) is 5. The van der Waals surface area contributed by atoms with Crippen molar-refractivity contribution in [2.75, 3.05) is 13.2 Å². The Labute approximate surface area is 112 Å². The van der Waals surface area contributed by atoms with Crippen LogP contribution in [0.25, 0.3) is 0 Å².